The van der Waals surface area contributed by atoms with E-state index in [2.05, 4.69) is 22.8 Å². The molecule has 0 N–H and O–H groups in total. The summed E-state index contributed by atoms with van der Waals surface area (Å²) in [6.45, 7) is 5.67. The highest BCUT2D eigenvalue weighted by Gasteiger charge is 2.32. The van der Waals surface area contributed by atoms with Gasteiger partial charge < -0.3 is 4.90 Å². The molecular weight excluding hydrogens is 312 g/mol. The van der Waals surface area contributed by atoms with Crippen molar-refractivity contribution in [3.8, 4) is 0 Å². The Morgan fingerprint density at radius 2 is 1.96 bits per heavy atom. The molecule has 1 fully saturated rings. The monoisotopic (exact) mass is 340 g/mol. The van der Waals surface area contributed by atoms with Gasteiger partial charge in [-0.3, -0.25) is 14.4 Å². The second kappa shape index (κ2) is 7.40. The van der Waals surface area contributed by atoms with Gasteiger partial charge in [0.05, 0.1) is 11.7 Å². The number of likely N-dealkylation sites (tertiary alicyclic amines) is 1. The first-order valence-electron chi connectivity index (χ1n) is 9.00. The molecule has 2 aromatic rings. The highest BCUT2D eigenvalue weighted by Crippen LogP contribution is 2.27. The second-order valence-electron chi connectivity index (χ2n) is 7.23. The molecule has 0 saturated carbocycles. The van der Waals surface area contributed by atoms with Crippen molar-refractivity contribution in [2.24, 2.45) is 0 Å². The Balaban J connectivity index is 1.80. The molecule has 2 heterocycles. The maximum absolute atomic E-state index is 13.3. The molecule has 0 radical (unpaired) electrons. The second-order valence-corrected chi connectivity index (χ2v) is 7.23. The fourth-order valence-corrected chi connectivity index (χ4v) is 3.84. The zero-order chi connectivity index (χ0) is 18.0. The van der Waals surface area contributed by atoms with Crippen LogP contribution >= 0.6 is 0 Å². The van der Waals surface area contributed by atoms with Gasteiger partial charge in [-0.05, 0) is 52.4 Å². The summed E-state index contributed by atoms with van der Waals surface area (Å²) in [6.07, 6.45) is 2.09. The predicted octanol–water partition coefficient (Wildman–Crippen LogP) is 2.97. The molecule has 2 atom stereocenters. The number of benzene rings is 1. The molecule has 1 aromatic heterocycles. The van der Waals surface area contributed by atoms with E-state index in [0.29, 0.717) is 0 Å². The maximum Gasteiger partial charge on any atom is 0.244 e. The van der Waals surface area contributed by atoms with E-state index < -0.39 is 0 Å². The number of aromatic nitrogens is 2. The first-order chi connectivity index (χ1) is 12.0. The molecule has 1 aliphatic heterocycles. The molecule has 134 valence electrons. The molecule has 0 spiro atoms. The molecule has 1 saturated heterocycles. The van der Waals surface area contributed by atoms with E-state index in [9.17, 15) is 4.79 Å². The van der Waals surface area contributed by atoms with E-state index in [1.807, 2.05) is 61.2 Å². The summed E-state index contributed by atoms with van der Waals surface area (Å²) in [4.78, 5) is 17.3. The number of aryl methyl sites for hydroxylation is 2. The third kappa shape index (κ3) is 3.76. The van der Waals surface area contributed by atoms with Crippen LogP contribution in [0.4, 0.5) is 0 Å². The average molecular weight is 340 g/mol. The van der Waals surface area contributed by atoms with Crippen LogP contribution in [-0.2, 0) is 4.79 Å². The number of rotatable bonds is 4. The van der Waals surface area contributed by atoms with Crippen molar-refractivity contribution in [3.05, 3.63) is 53.3 Å². The Hall–Kier alpha value is -2.14. The van der Waals surface area contributed by atoms with E-state index in [-0.39, 0.29) is 18.0 Å². The zero-order valence-electron chi connectivity index (χ0n) is 15.6. The van der Waals surface area contributed by atoms with Crippen molar-refractivity contribution in [2.45, 2.75) is 38.8 Å². The normalized spacial score (nSPS) is 19.2. The summed E-state index contributed by atoms with van der Waals surface area (Å²) in [5.41, 5.74) is 3.26. The molecule has 1 aromatic carbocycles. The highest BCUT2D eigenvalue weighted by atomic mass is 16.2. The Kier molecular flexibility index (Phi) is 5.23. The molecule has 1 amide bonds. The van der Waals surface area contributed by atoms with Gasteiger partial charge in [0, 0.05) is 18.8 Å². The topological polar surface area (TPSA) is 41.4 Å². The molecule has 5 nitrogen and oxygen atoms in total. The molecule has 0 unspecified atom stereocenters. The summed E-state index contributed by atoms with van der Waals surface area (Å²) in [5, 5.41) is 4.63. The minimum atomic E-state index is -0.236. The van der Waals surface area contributed by atoms with E-state index in [1.54, 1.807) is 0 Å². The highest BCUT2D eigenvalue weighted by molar-refractivity contribution is 5.83. The smallest absolute Gasteiger partial charge is 0.244 e. The average Bonchev–Trinajstić information content (AvgIpc) is 2.94. The summed E-state index contributed by atoms with van der Waals surface area (Å²) in [5.74, 6) is 0.183. The quantitative estimate of drug-likeness (QED) is 0.859. The van der Waals surface area contributed by atoms with Crippen molar-refractivity contribution in [1.82, 2.24) is 19.6 Å². The first kappa shape index (κ1) is 17.7. The maximum atomic E-state index is 13.3. The van der Waals surface area contributed by atoms with Crippen LogP contribution in [0.25, 0.3) is 0 Å². The molecule has 3 rings (SSSR count). The van der Waals surface area contributed by atoms with Gasteiger partial charge in [-0.1, -0.05) is 30.3 Å². The zero-order valence-corrected chi connectivity index (χ0v) is 15.6. The number of carbonyl (C=O) groups excluding carboxylic acids is 1. The SMILES string of the molecule is Cc1cc(C)n([C@@H]2CCCN(C(=O)[C@@H](c3ccccc3)N(C)C)C2)n1. The number of likely N-dealkylation sites (N-methyl/N-ethyl adjacent to an activating group) is 1. The van der Waals surface area contributed by atoms with E-state index >= 15 is 0 Å². The third-order valence-corrected chi connectivity index (χ3v) is 4.96. The fourth-order valence-electron chi connectivity index (χ4n) is 3.84. The van der Waals surface area contributed by atoms with Gasteiger partial charge >= 0.3 is 0 Å². The van der Waals surface area contributed by atoms with Crippen molar-refractivity contribution >= 4 is 5.91 Å². The largest absolute Gasteiger partial charge is 0.339 e. The predicted molar refractivity (Wildman–Crippen MR) is 99.4 cm³/mol. The van der Waals surface area contributed by atoms with E-state index in [1.165, 1.54) is 5.69 Å². The van der Waals surface area contributed by atoms with Gasteiger partial charge in [0.25, 0.3) is 0 Å². The molecule has 1 aliphatic rings. The molecule has 5 heteroatoms. The number of carbonyl (C=O) groups is 1. The lowest BCUT2D eigenvalue weighted by atomic mass is 10.0. The summed E-state index contributed by atoms with van der Waals surface area (Å²) in [7, 11) is 3.94. The Labute approximate surface area is 150 Å². The fraction of sp³-hybridized carbons (Fsp3) is 0.500. The van der Waals surface area contributed by atoms with E-state index in [0.717, 1.165) is 37.2 Å². The van der Waals surface area contributed by atoms with Gasteiger partial charge in [-0.15, -0.1) is 0 Å². The summed E-state index contributed by atoms with van der Waals surface area (Å²) >= 11 is 0. The van der Waals surface area contributed by atoms with Crippen LogP contribution in [0.1, 0.15) is 41.9 Å². The lowest BCUT2D eigenvalue weighted by Gasteiger charge is -2.37. The number of piperidine rings is 1. The number of nitrogens with zero attached hydrogens (tertiary/aromatic N) is 4. The van der Waals surface area contributed by atoms with Gasteiger partial charge in [0.1, 0.15) is 6.04 Å². The molecule has 0 bridgehead atoms. The summed E-state index contributed by atoms with van der Waals surface area (Å²) < 4.78 is 2.10. The first-order valence-corrected chi connectivity index (χ1v) is 9.00. The van der Waals surface area contributed by atoms with E-state index in [4.69, 9.17) is 0 Å². The number of amides is 1. The number of hydrogen-bond acceptors (Lipinski definition) is 3. The van der Waals surface area contributed by atoms with Crippen LogP contribution in [-0.4, -0.2) is 52.7 Å². The Bertz CT molecular complexity index is 723. The van der Waals surface area contributed by atoms with Crippen molar-refractivity contribution in [2.75, 3.05) is 27.2 Å². The minimum absolute atomic E-state index is 0.183. The van der Waals surface area contributed by atoms with Crippen molar-refractivity contribution < 1.29 is 4.79 Å². The van der Waals surface area contributed by atoms with Crippen molar-refractivity contribution in [1.29, 1.82) is 0 Å². The Morgan fingerprint density at radius 1 is 1.24 bits per heavy atom. The summed E-state index contributed by atoms with van der Waals surface area (Å²) in [6, 6.07) is 12.2. The van der Waals surface area contributed by atoms with Gasteiger partial charge in [-0.25, -0.2) is 0 Å². The van der Waals surface area contributed by atoms with Crippen LogP contribution in [0.15, 0.2) is 36.4 Å². The molecule has 25 heavy (non-hydrogen) atoms. The number of hydrogen-bond donors (Lipinski definition) is 0. The van der Waals surface area contributed by atoms with Crippen LogP contribution in [0, 0.1) is 13.8 Å². The Morgan fingerprint density at radius 3 is 2.56 bits per heavy atom. The molecule has 0 aliphatic carbocycles. The van der Waals surface area contributed by atoms with Crippen LogP contribution < -0.4 is 0 Å². The lowest BCUT2D eigenvalue weighted by Crippen LogP contribution is -2.46. The lowest BCUT2D eigenvalue weighted by molar-refractivity contribution is -0.138. The van der Waals surface area contributed by atoms with Gasteiger partial charge in [0.15, 0.2) is 0 Å². The van der Waals surface area contributed by atoms with Gasteiger partial charge in [-0.2, -0.15) is 5.10 Å². The van der Waals surface area contributed by atoms with Crippen molar-refractivity contribution in [3.63, 3.8) is 0 Å². The van der Waals surface area contributed by atoms with Crippen LogP contribution in [0.5, 0.6) is 0 Å². The third-order valence-electron chi connectivity index (χ3n) is 4.96. The minimum Gasteiger partial charge on any atom is -0.339 e. The standard InChI is InChI=1S/C20H28N4O/c1-15-13-16(2)24(21-15)18-11-8-12-23(14-18)20(25)19(22(3)4)17-9-6-5-7-10-17/h5-7,9-10,13,18-19H,8,11-12,14H2,1-4H3/t18-,19-/m1/s1. The van der Waals surface area contributed by atoms with Crippen LogP contribution in [0.3, 0.4) is 0 Å². The van der Waals surface area contributed by atoms with Gasteiger partial charge in [0.2, 0.25) is 5.91 Å². The van der Waals surface area contributed by atoms with Crippen LogP contribution in [0.2, 0.25) is 0 Å². The molecular formula is C20H28N4O.